The summed E-state index contributed by atoms with van der Waals surface area (Å²) in [6, 6.07) is 9.98. The van der Waals surface area contributed by atoms with Crippen molar-refractivity contribution < 1.29 is 19.1 Å². The first kappa shape index (κ1) is 20.4. The highest BCUT2D eigenvalue weighted by Crippen LogP contribution is 2.41. The molecule has 0 unspecified atom stereocenters. The maximum absolute atomic E-state index is 11.2. The summed E-state index contributed by atoms with van der Waals surface area (Å²) in [6.45, 7) is 0. The van der Waals surface area contributed by atoms with Crippen LogP contribution in [0, 0.1) is 10.1 Å². The first-order valence-corrected chi connectivity index (χ1v) is 9.97. The third kappa shape index (κ3) is 3.80. The molecule has 10 heteroatoms. The van der Waals surface area contributed by atoms with Gasteiger partial charge in [0.2, 0.25) is 0 Å². The molecular formula is C21H18N4O5S. The van der Waals surface area contributed by atoms with Gasteiger partial charge in [0.05, 0.1) is 37.3 Å². The van der Waals surface area contributed by atoms with Crippen molar-refractivity contribution in [2.45, 2.75) is 0 Å². The summed E-state index contributed by atoms with van der Waals surface area (Å²) in [5.74, 6) is 2.20. The van der Waals surface area contributed by atoms with E-state index in [4.69, 9.17) is 14.2 Å². The van der Waals surface area contributed by atoms with Crippen LogP contribution in [-0.4, -0.2) is 36.2 Å². The summed E-state index contributed by atoms with van der Waals surface area (Å²) in [6.07, 6.45) is 1.45. The van der Waals surface area contributed by atoms with E-state index in [0.29, 0.717) is 28.8 Å². The number of benzene rings is 2. The van der Waals surface area contributed by atoms with Gasteiger partial charge in [0, 0.05) is 23.1 Å². The van der Waals surface area contributed by atoms with Crippen molar-refractivity contribution in [3.8, 4) is 28.4 Å². The van der Waals surface area contributed by atoms with Gasteiger partial charge in [0.25, 0.3) is 5.69 Å². The van der Waals surface area contributed by atoms with Gasteiger partial charge < -0.3 is 19.5 Å². The van der Waals surface area contributed by atoms with Gasteiger partial charge in [0.15, 0.2) is 11.5 Å². The van der Waals surface area contributed by atoms with Crippen LogP contribution in [0.3, 0.4) is 0 Å². The highest BCUT2D eigenvalue weighted by molar-refractivity contribution is 7.17. The van der Waals surface area contributed by atoms with Gasteiger partial charge in [-0.05, 0) is 23.8 Å². The molecule has 0 bridgehead atoms. The molecule has 0 saturated heterocycles. The van der Waals surface area contributed by atoms with E-state index in [1.807, 2.05) is 23.6 Å². The molecule has 4 aromatic rings. The van der Waals surface area contributed by atoms with Crippen LogP contribution < -0.4 is 19.5 Å². The van der Waals surface area contributed by atoms with Crippen molar-refractivity contribution in [1.82, 2.24) is 9.97 Å². The third-order valence-electron chi connectivity index (χ3n) is 4.71. The molecule has 0 aliphatic carbocycles. The second-order valence-electron chi connectivity index (χ2n) is 6.39. The minimum Gasteiger partial charge on any atom is -0.495 e. The predicted octanol–water partition coefficient (Wildman–Crippen LogP) is 5.04. The zero-order valence-corrected chi connectivity index (χ0v) is 17.7. The van der Waals surface area contributed by atoms with Crippen LogP contribution in [0.25, 0.3) is 21.3 Å². The van der Waals surface area contributed by atoms with Crippen molar-refractivity contribution in [1.29, 1.82) is 0 Å². The standard InChI is InChI=1S/C21H18N4O5S/c1-28-16-7-5-13(25(26)27)9-15(16)24-20-19-14(10-31-21(19)23-11-22-20)12-4-6-17(29-2)18(8-12)30-3/h4-11H,1-3H3,(H,22,23,24). The van der Waals surface area contributed by atoms with Gasteiger partial charge in [-0.1, -0.05) is 6.07 Å². The van der Waals surface area contributed by atoms with Crippen LogP contribution in [-0.2, 0) is 0 Å². The number of hydrogen-bond acceptors (Lipinski definition) is 9. The van der Waals surface area contributed by atoms with Crippen LogP contribution in [0.1, 0.15) is 0 Å². The number of hydrogen-bond donors (Lipinski definition) is 1. The van der Waals surface area contributed by atoms with Gasteiger partial charge in [-0.3, -0.25) is 10.1 Å². The number of nitro groups is 1. The van der Waals surface area contributed by atoms with Gasteiger partial charge in [0.1, 0.15) is 22.7 Å². The zero-order chi connectivity index (χ0) is 22.0. The first-order chi connectivity index (χ1) is 15.0. The topological polar surface area (TPSA) is 109 Å². The van der Waals surface area contributed by atoms with Gasteiger partial charge in [-0.2, -0.15) is 0 Å². The fraction of sp³-hybridized carbons (Fsp3) is 0.143. The van der Waals surface area contributed by atoms with Crippen molar-refractivity contribution >= 4 is 38.7 Å². The molecule has 158 valence electrons. The van der Waals surface area contributed by atoms with E-state index in [-0.39, 0.29) is 5.69 Å². The van der Waals surface area contributed by atoms with E-state index in [1.54, 1.807) is 20.3 Å². The van der Waals surface area contributed by atoms with E-state index in [0.717, 1.165) is 21.3 Å². The van der Waals surface area contributed by atoms with E-state index in [2.05, 4.69) is 15.3 Å². The third-order valence-corrected chi connectivity index (χ3v) is 5.60. The summed E-state index contributed by atoms with van der Waals surface area (Å²) in [4.78, 5) is 20.3. The Kier molecular flexibility index (Phi) is 5.54. The molecule has 0 amide bonds. The number of rotatable bonds is 7. The molecular weight excluding hydrogens is 420 g/mol. The van der Waals surface area contributed by atoms with Crippen molar-refractivity contribution in [3.05, 3.63) is 58.2 Å². The van der Waals surface area contributed by atoms with Crippen LogP contribution in [0.5, 0.6) is 17.2 Å². The largest absolute Gasteiger partial charge is 0.495 e. The maximum atomic E-state index is 11.2. The first-order valence-electron chi connectivity index (χ1n) is 9.09. The van der Waals surface area contributed by atoms with E-state index in [1.165, 1.54) is 36.9 Å². The minimum absolute atomic E-state index is 0.0565. The van der Waals surface area contributed by atoms with Gasteiger partial charge >= 0.3 is 0 Å². The average Bonchev–Trinajstić information content (AvgIpc) is 3.23. The molecule has 0 saturated carbocycles. The van der Waals surface area contributed by atoms with Crippen molar-refractivity contribution in [3.63, 3.8) is 0 Å². The van der Waals surface area contributed by atoms with E-state index >= 15 is 0 Å². The van der Waals surface area contributed by atoms with E-state index in [9.17, 15) is 10.1 Å². The molecule has 9 nitrogen and oxygen atoms in total. The number of thiophene rings is 1. The minimum atomic E-state index is -0.458. The Morgan fingerprint density at radius 1 is 0.968 bits per heavy atom. The lowest BCUT2D eigenvalue weighted by Crippen LogP contribution is -1.99. The number of nitrogens with zero attached hydrogens (tertiary/aromatic N) is 3. The molecule has 4 rings (SSSR count). The van der Waals surface area contributed by atoms with Crippen molar-refractivity contribution in [2.75, 3.05) is 26.6 Å². The summed E-state index contributed by atoms with van der Waals surface area (Å²) in [5.41, 5.74) is 2.17. The number of anilines is 2. The lowest BCUT2D eigenvalue weighted by molar-refractivity contribution is -0.384. The van der Waals surface area contributed by atoms with Crippen molar-refractivity contribution in [2.24, 2.45) is 0 Å². The summed E-state index contributed by atoms with van der Waals surface area (Å²) in [5, 5.41) is 17.2. The van der Waals surface area contributed by atoms with Gasteiger partial charge in [-0.15, -0.1) is 11.3 Å². The second-order valence-corrected chi connectivity index (χ2v) is 7.25. The molecule has 0 atom stereocenters. The molecule has 0 radical (unpaired) electrons. The molecule has 0 aliphatic rings. The molecule has 0 spiro atoms. The lowest BCUT2D eigenvalue weighted by atomic mass is 10.1. The zero-order valence-electron chi connectivity index (χ0n) is 16.9. The molecule has 0 aliphatic heterocycles. The Morgan fingerprint density at radius 2 is 1.71 bits per heavy atom. The Labute approximate surface area is 181 Å². The second kappa shape index (κ2) is 8.44. The number of nitro benzene ring substituents is 1. The number of non-ortho nitro benzene ring substituents is 1. The van der Waals surface area contributed by atoms with E-state index < -0.39 is 4.92 Å². The normalized spacial score (nSPS) is 10.7. The summed E-state index contributed by atoms with van der Waals surface area (Å²) < 4.78 is 16.1. The molecule has 1 N–H and O–H groups in total. The molecule has 0 fully saturated rings. The fourth-order valence-corrected chi connectivity index (χ4v) is 4.14. The number of ether oxygens (including phenoxy) is 3. The number of fused-ring (bicyclic) bond motifs is 1. The Balaban J connectivity index is 1.84. The molecule has 2 aromatic heterocycles. The number of nitrogens with one attached hydrogen (secondary N) is 1. The maximum Gasteiger partial charge on any atom is 0.271 e. The molecule has 2 aromatic carbocycles. The quantitative estimate of drug-likeness (QED) is 0.316. The Hall–Kier alpha value is -3.92. The SMILES string of the molecule is COc1ccc([N+](=O)[O-])cc1Nc1ncnc2scc(-c3ccc(OC)c(OC)c3)c12. The highest BCUT2D eigenvalue weighted by Gasteiger charge is 2.18. The number of aromatic nitrogens is 2. The number of methoxy groups -OCH3 is 3. The van der Waals surface area contributed by atoms with Crippen LogP contribution >= 0.6 is 11.3 Å². The molecule has 2 heterocycles. The monoisotopic (exact) mass is 438 g/mol. The Morgan fingerprint density at radius 3 is 2.42 bits per heavy atom. The highest BCUT2D eigenvalue weighted by atomic mass is 32.1. The van der Waals surface area contributed by atoms with Crippen LogP contribution in [0.15, 0.2) is 48.1 Å². The molecule has 31 heavy (non-hydrogen) atoms. The van der Waals surface area contributed by atoms with Crippen LogP contribution in [0.4, 0.5) is 17.2 Å². The lowest BCUT2D eigenvalue weighted by Gasteiger charge is -2.13. The average molecular weight is 438 g/mol. The predicted molar refractivity (Wildman–Crippen MR) is 119 cm³/mol. The van der Waals surface area contributed by atoms with Crippen LogP contribution in [0.2, 0.25) is 0 Å². The fourth-order valence-electron chi connectivity index (χ4n) is 3.22. The Bertz CT molecular complexity index is 1270. The summed E-state index contributed by atoms with van der Waals surface area (Å²) in [7, 11) is 4.67. The van der Waals surface area contributed by atoms with Gasteiger partial charge in [-0.25, -0.2) is 9.97 Å². The summed E-state index contributed by atoms with van der Waals surface area (Å²) >= 11 is 1.47. The smallest absolute Gasteiger partial charge is 0.271 e.